The van der Waals surface area contributed by atoms with E-state index in [1.54, 1.807) is 17.0 Å². The van der Waals surface area contributed by atoms with Crippen molar-refractivity contribution in [2.24, 2.45) is 0 Å². The summed E-state index contributed by atoms with van der Waals surface area (Å²) in [5.41, 5.74) is 2.61. The highest BCUT2D eigenvalue weighted by atomic mass is 32.2. The Morgan fingerprint density at radius 2 is 1.85 bits per heavy atom. The fourth-order valence-corrected chi connectivity index (χ4v) is 3.72. The van der Waals surface area contributed by atoms with Crippen molar-refractivity contribution in [1.29, 1.82) is 0 Å². The molecule has 142 valence electrons. The fraction of sp³-hybridized carbons (Fsp3) is 0.350. The zero-order valence-corrected chi connectivity index (χ0v) is 16.4. The molecule has 0 spiro atoms. The van der Waals surface area contributed by atoms with Gasteiger partial charge in [0, 0.05) is 43.7 Å². The molecule has 1 aliphatic rings. The molecule has 0 unspecified atom stereocenters. The molecule has 1 saturated heterocycles. The van der Waals surface area contributed by atoms with Crippen LogP contribution in [-0.2, 0) is 6.54 Å². The largest absolute Gasteiger partial charge is 0.336 e. The Morgan fingerprint density at radius 3 is 2.48 bits per heavy atom. The average molecular weight is 385 g/mol. The number of thioether (sulfide) groups is 1. The van der Waals surface area contributed by atoms with Crippen molar-refractivity contribution >= 4 is 23.4 Å². The Bertz CT molecular complexity index is 848. The summed E-state index contributed by atoms with van der Waals surface area (Å²) >= 11 is 1.47. The molecule has 27 heavy (non-hydrogen) atoms. The molecule has 1 fully saturated rings. The number of hydrogen-bond donors (Lipinski definition) is 0. The molecule has 0 saturated carbocycles. The molecule has 7 heteroatoms. The second-order valence-corrected chi connectivity index (χ2v) is 7.51. The Kier molecular flexibility index (Phi) is 6.13. The average Bonchev–Trinajstić information content (AvgIpc) is 2.69. The highest BCUT2D eigenvalue weighted by Gasteiger charge is 2.28. The predicted octanol–water partition coefficient (Wildman–Crippen LogP) is 3.58. The van der Waals surface area contributed by atoms with Gasteiger partial charge in [0.2, 0.25) is 0 Å². The minimum Gasteiger partial charge on any atom is -0.336 e. The van der Waals surface area contributed by atoms with Crippen molar-refractivity contribution in [1.82, 2.24) is 9.80 Å². The minimum absolute atomic E-state index is 0.125. The molecule has 2 aromatic carbocycles. The highest BCUT2D eigenvalue weighted by molar-refractivity contribution is 7.98. The van der Waals surface area contributed by atoms with E-state index in [-0.39, 0.29) is 17.2 Å². The summed E-state index contributed by atoms with van der Waals surface area (Å²) in [6, 6.07) is 13.0. The van der Waals surface area contributed by atoms with Crippen LogP contribution in [0.5, 0.6) is 0 Å². The van der Waals surface area contributed by atoms with E-state index in [9.17, 15) is 14.9 Å². The van der Waals surface area contributed by atoms with Crippen LogP contribution in [0.3, 0.4) is 0 Å². The first-order valence-electron chi connectivity index (χ1n) is 8.88. The van der Waals surface area contributed by atoms with Crippen molar-refractivity contribution in [3.63, 3.8) is 0 Å². The number of hydrogen-bond acceptors (Lipinski definition) is 5. The molecule has 1 aliphatic heterocycles. The van der Waals surface area contributed by atoms with E-state index in [0.717, 1.165) is 24.5 Å². The lowest BCUT2D eigenvalue weighted by Gasteiger charge is -2.35. The van der Waals surface area contributed by atoms with Crippen LogP contribution < -0.4 is 0 Å². The second kappa shape index (κ2) is 8.54. The van der Waals surface area contributed by atoms with Gasteiger partial charge in [-0.05, 0) is 36.4 Å². The molecule has 2 aromatic rings. The van der Waals surface area contributed by atoms with Gasteiger partial charge in [-0.1, -0.05) is 24.3 Å². The number of carbonyl (C=O) groups is 1. The highest BCUT2D eigenvalue weighted by Crippen LogP contribution is 2.26. The molecule has 0 N–H and O–H groups in total. The van der Waals surface area contributed by atoms with Crippen molar-refractivity contribution in [2.45, 2.75) is 18.4 Å². The normalized spacial score (nSPS) is 15.0. The molecule has 0 aromatic heterocycles. The topological polar surface area (TPSA) is 66.7 Å². The first kappa shape index (κ1) is 19.4. The fourth-order valence-electron chi connectivity index (χ4n) is 3.28. The molecule has 1 amide bonds. The van der Waals surface area contributed by atoms with Gasteiger partial charge in [-0.3, -0.25) is 19.8 Å². The standard InChI is InChI=1S/C20H23N3O3S/c1-15-5-3-4-6-16(15)14-21-9-11-22(12-10-21)20(24)18-13-17(27-2)7-8-19(18)23(25)26/h3-8,13H,9-12,14H2,1-2H3. The van der Waals surface area contributed by atoms with Gasteiger partial charge >= 0.3 is 0 Å². The van der Waals surface area contributed by atoms with E-state index in [1.807, 2.05) is 18.4 Å². The van der Waals surface area contributed by atoms with Gasteiger partial charge in [0.05, 0.1) is 4.92 Å². The van der Waals surface area contributed by atoms with Crippen molar-refractivity contribution in [3.8, 4) is 0 Å². The van der Waals surface area contributed by atoms with Gasteiger partial charge in [0.15, 0.2) is 0 Å². The molecule has 3 rings (SSSR count). The number of aryl methyl sites for hydroxylation is 1. The molecule has 0 atom stereocenters. The maximum Gasteiger partial charge on any atom is 0.282 e. The Balaban J connectivity index is 1.68. The molecule has 1 heterocycles. The lowest BCUT2D eigenvalue weighted by atomic mass is 10.1. The summed E-state index contributed by atoms with van der Waals surface area (Å²) in [6.45, 7) is 5.63. The van der Waals surface area contributed by atoms with Crippen LogP contribution in [-0.4, -0.2) is 53.1 Å². The van der Waals surface area contributed by atoms with Gasteiger partial charge in [0.25, 0.3) is 11.6 Å². The first-order valence-corrected chi connectivity index (χ1v) is 10.1. The van der Waals surface area contributed by atoms with E-state index < -0.39 is 4.92 Å². The summed E-state index contributed by atoms with van der Waals surface area (Å²) in [5, 5.41) is 11.3. The second-order valence-electron chi connectivity index (χ2n) is 6.64. The summed E-state index contributed by atoms with van der Waals surface area (Å²) in [6.07, 6.45) is 1.89. The molecule has 0 radical (unpaired) electrons. The molecule has 0 bridgehead atoms. The van der Waals surface area contributed by atoms with Crippen LogP contribution in [0.2, 0.25) is 0 Å². The predicted molar refractivity (Wildman–Crippen MR) is 107 cm³/mol. The van der Waals surface area contributed by atoms with Crippen LogP contribution in [0.1, 0.15) is 21.5 Å². The number of benzene rings is 2. The molecule has 6 nitrogen and oxygen atoms in total. The zero-order chi connectivity index (χ0) is 19.4. The van der Waals surface area contributed by atoms with Crippen LogP contribution in [0.4, 0.5) is 5.69 Å². The number of nitrogens with zero attached hydrogens (tertiary/aromatic N) is 3. The van der Waals surface area contributed by atoms with Gasteiger partial charge in [-0.15, -0.1) is 11.8 Å². The summed E-state index contributed by atoms with van der Waals surface area (Å²) in [5.74, 6) is -0.256. The van der Waals surface area contributed by atoms with Crippen molar-refractivity contribution in [3.05, 3.63) is 69.3 Å². The van der Waals surface area contributed by atoms with E-state index in [0.29, 0.717) is 13.1 Å². The number of nitro groups is 1. The number of nitro benzene ring substituents is 1. The lowest BCUT2D eigenvalue weighted by molar-refractivity contribution is -0.385. The number of piperazine rings is 1. The summed E-state index contributed by atoms with van der Waals surface area (Å²) < 4.78 is 0. The van der Waals surface area contributed by atoms with Crippen LogP contribution in [0.25, 0.3) is 0 Å². The quantitative estimate of drug-likeness (QED) is 0.447. The monoisotopic (exact) mass is 385 g/mol. The van der Waals surface area contributed by atoms with Gasteiger partial charge in [-0.2, -0.15) is 0 Å². The van der Waals surface area contributed by atoms with Crippen molar-refractivity contribution < 1.29 is 9.72 Å². The van der Waals surface area contributed by atoms with Gasteiger partial charge in [-0.25, -0.2) is 0 Å². The minimum atomic E-state index is -0.480. The lowest BCUT2D eigenvalue weighted by Crippen LogP contribution is -2.48. The smallest absolute Gasteiger partial charge is 0.282 e. The van der Waals surface area contributed by atoms with Crippen LogP contribution in [0, 0.1) is 17.0 Å². The Labute approximate surface area is 163 Å². The van der Waals surface area contributed by atoms with E-state index in [1.165, 1.54) is 29.0 Å². The summed E-state index contributed by atoms with van der Waals surface area (Å²) in [4.78, 5) is 28.6. The summed E-state index contributed by atoms with van der Waals surface area (Å²) in [7, 11) is 0. The Hall–Kier alpha value is -2.38. The molecular formula is C20H23N3O3S. The van der Waals surface area contributed by atoms with Crippen LogP contribution >= 0.6 is 11.8 Å². The van der Waals surface area contributed by atoms with E-state index in [4.69, 9.17) is 0 Å². The third-order valence-electron chi connectivity index (χ3n) is 4.95. The van der Waals surface area contributed by atoms with E-state index in [2.05, 4.69) is 24.0 Å². The third kappa shape index (κ3) is 4.48. The number of rotatable bonds is 5. The van der Waals surface area contributed by atoms with Crippen LogP contribution in [0.15, 0.2) is 47.4 Å². The first-order chi connectivity index (χ1) is 13.0. The SMILES string of the molecule is CSc1ccc([N+](=O)[O-])c(C(=O)N2CCN(Cc3ccccc3C)CC2)c1. The Morgan fingerprint density at radius 1 is 1.15 bits per heavy atom. The maximum absolute atomic E-state index is 12.9. The number of amides is 1. The van der Waals surface area contributed by atoms with Crippen molar-refractivity contribution in [2.75, 3.05) is 32.4 Å². The number of carbonyl (C=O) groups excluding carboxylic acids is 1. The third-order valence-corrected chi connectivity index (χ3v) is 5.67. The molecule has 0 aliphatic carbocycles. The maximum atomic E-state index is 12.9. The van der Waals surface area contributed by atoms with Gasteiger partial charge < -0.3 is 4.90 Å². The van der Waals surface area contributed by atoms with Gasteiger partial charge in [0.1, 0.15) is 5.56 Å². The van der Waals surface area contributed by atoms with E-state index >= 15 is 0 Å². The molecular weight excluding hydrogens is 362 g/mol. The zero-order valence-electron chi connectivity index (χ0n) is 15.6.